The number of nitrogens with one attached hydrogen (secondary N) is 1. The van der Waals surface area contributed by atoms with Crippen LogP contribution in [0, 0.1) is 17.2 Å². The molecule has 4 nitrogen and oxygen atoms in total. The highest BCUT2D eigenvalue weighted by Crippen LogP contribution is 2.21. The number of nitrogens with zero attached hydrogens (tertiary/aromatic N) is 1. The Labute approximate surface area is 160 Å². The molecule has 136 valence electrons. The third-order valence-corrected chi connectivity index (χ3v) is 4.66. The summed E-state index contributed by atoms with van der Waals surface area (Å²) < 4.78 is 0. The molecule has 26 heavy (non-hydrogen) atoms. The zero-order valence-corrected chi connectivity index (χ0v) is 16.2. The Balaban J connectivity index is 2.03. The molecule has 0 radical (unpaired) electrons. The Morgan fingerprint density at radius 3 is 2.50 bits per heavy atom. The summed E-state index contributed by atoms with van der Waals surface area (Å²) in [6, 6.07) is 15.7. The summed E-state index contributed by atoms with van der Waals surface area (Å²) in [6.07, 6.45) is 1.01. The molecule has 0 heterocycles. The summed E-state index contributed by atoms with van der Waals surface area (Å²) in [5.41, 5.74) is 3.37. The molecule has 0 spiro atoms. The molecule has 0 aliphatic rings. The lowest BCUT2D eigenvalue weighted by Crippen LogP contribution is -2.88. The number of carbonyl (C=O) groups is 1. The van der Waals surface area contributed by atoms with E-state index in [1.165, 1.54) is 11.1 Å². The third-order valence-electron chi connectivity index (χ3n) is 4.42. The second kappa shape index (κ2) is 9.38. The van der Waals surface area contributed by atoms with Crippen LogP contribution < -0.4 is 10.6 Å². The number of anilines is 1. The van der Waals surface area contributed by atoms with Gasteiger partial charge in [-0.2, -0.15) is 5.26 Å². The summed E-state index contributed by atoms with van der Waals surface area (Å²) in [6.45, 7) is 6.71. The Bertz CT molecular complexity index is 794. The van der Waals surface area contributed by atoms with Gasteiger partial charge in [-0.3, -0.25) is 4.79 Å². The van der Waals surface area contributed by atoms with Crippen LogP contribution in [0.1, 0.15) is 43.5 Å². The van der Waals surface area contributed by atoms with Crippen molar-refractivity contribution in [1.29, 1.82) is 5.26 Å². The zero-order chi connectivity index (χ0) is 19.1. The van der Waals surface area contributed by atoms with E-state index >= 15 is 0 Å². The molecule has 0 aromatic heterocycles. The molecule has 2 rings (SSSR count). The predicted octanol–water partition coefficient (Wildman–Crippen LogP) is 3.67. The smallest absolute Gasteiger partial charge is 0.279 e. The highest BCUT2D eigenvalue weighted by atomic mass is 35.5. The fourth-order valence-electron chi connectivity index (χ4n) is 2.92. The first kappa shape index (κ1) is 20.0. The van der Waals surface area contributed by atoms with Gasteiger partial charge in [-0.15, -0.1) is 0 Å². The molecular formula is C21H25ClN3O+. The maximum absolute atomic E-state index is 12.4. The van der Waals surface area contributed by atoms with Gasteiger partial charge in [-0.25, -0.2) is 0 Å². The van der Waals surface area contributed by atoms with E-state index < -0.39 is 0 Å². The number of rotatable bonds is 7. The van der Waals surface area contributed by atoms with E-state index in [1.54, 1.807) is 18.2 Å². The number of hydrogen-bond acceptors (Lipinski definition) is 2. The van der Waals surface area contributed by atoms with Gasteiger partial charge in [0.2, 0.25) is 0 Å². The Morgan fingerprint density at radius 2 is 1.92 bits per heavy atom. The van der Waals surface area contributed by atoms with Crippen LogP contribution in [0.3, 0.4) is 0 Å². The van der Waals surface area contributed by atoms with Crippen LogP contribution in [0.2, 0.25) is 5.02 Å². The van der Waals surface area contributed by atoms with Gasteiger partial charge in [-0.1, -0.05) is 56.6 Å². The molecular weight excluding hydrogens is 346 g/mol. The van der Waals surface area contributed by atoms with Crippen molar-refractivity contribution in [3.8, 4) is 6.07 Å². The summed E-state index contributed by atoms with van der Waals surface area (Å²) in [4.78, 5) is 12.4. The Kier molecular flexibility index (Phi) is 7.20. The Hall–Kier alpha value is -2.35. The van der Waals surface area contributed by atoms with Gasteiger partial charge in [0.1, 0.15) is 12.1 Å². The maximum Gasteiger partial charge on any atom is 0.279 e. The molecule has 1 atom stereocenters. The van der Waals surface area contributed by atoms with Crippen molar-refractivity contribution in [1.82, 2.24) is 0 Å². The van der Waals surface area contributed by atoms with Crippen molar-refractivity contribution in [3.05, 3.63) is 64.2 Å². The quantitative estimate of drug-likeness (QED) is 0.780. The van der Waals surface area contributed by atoms with E-state index in [0.29, 0.717) is 22.2 Å². The first-order valence-corrected chi connectivity index (χ1v) is 9.24. The van der Waals surface area contributed by atoms with Crippen LogP contribution in [-0.4, -0.2) is 12.5 Å². The molecule has 5 heteroatoms. The average molecular weight is 371 g/mol. The lowest BCUT2D eigenvalue weighted by molar-refractivity contribution is -0.692. The SMILES string of the molecule is CCc1ccc([C@H]([NH2+]CC(=O)Nc2cc(Cl)ccc2C#N)C(C)C)cc1. The molecule has 2 aromatic carbocycles. The average Bonchev–Trinajstić information content (AvgIpc) is 2.62. The topological polar surface area (TPSA) is 69.5 Å². The van der Waals surface area contributed by atoms with Crippen LogP contribution in [0.15, 0.2) is 42.5 Å². The first-order chi connectivity index (χ1) is 12.4. The van der Waals surface area contributed by atoms with Gasteiger partial charge >= 0.3 is 0 Å². The molecule has 0 aliphatic heterocycles. The van der Waals surface area contributed by atoms with Crippen molar-refractivity contribution in [3.63, 3.8) is 0 Å². The number of nitriles is 1. The number of amides is 1. The first-order valence-electron chi connectivity index (χ1n) is 8.86. The van der Waals surface area contributed by atoms with Crippen LogP contribution in [0.4, 0.5) is 5.69 Å². The lowest BCUT2D eigenvalue weighted by atomic mass is 9.95. The maximum atomic E-state index is 12.4. The standard InChI is InChI=1S/C21H24ClN3O/c1-4-15-5-7-16(8-6-15)21(14(2)3)24-13-20(26)25-19-11-18(22)10-9-17(19)12-23/h5-11,14,21,24H,4,13H2,1-3H3,(H,25,26)/p+1/t21-/m1/s1. The van der Waals surface area contributed by atoms with Crippen molar-refractivity contribution in [2.75, 3.05) is 11.9 Å². The minimum Gasteiger partial charge on any atom is -0.332 e. The zero-order valence-electron chi connectivity index (χ0n) is 15.4. The normalized spacial score (nSPS) is 11.8. The van der Waals surface area contributed by atoms with Crippen molar-refractivity contribution >= 4 is 23.2 Å². The molecule has 0 aliphatic carbocycles. The molecule has 1 amide bonds. The lowest BCUT2D eigenvalue weighted by Gasteiger charge is -2.20. The van der Waals surface area contributed by atoms with Crippen LogP contribution in [-0.2, 0) is 11.2 Å². The van der Waals surface area contributed by atoms with Crippen molar-refractivity contribution < 1.29 is 10.1 Å². The largest absolute Gasteiger partial charge is 0.332 e. The second-order valence-corrected chi connectivity index (χ2v) is 7.09. The van der Waals surface area contributed by atoms with Gasteiger partial charge in [-0.05, 0) is 30.2 Å². The van der Waals surface area contributed by atoms with Crippen molar-refractivity contribution in [2.45, 2.75) is 33.2 Å². The summed E-state index contributed by atoms with van der Waals surface area (Å²) in [5, 5.41) is 14.5. The number of nitrogens with two attached hydrogens (primary N) is 1. The fraction of sp³-hybridized carbons (Fsp3) is 0.333. The number of benzene rings is 2. The van der Waals surface area contributed by atoms with Crippen molar-refractivity contribution in [2.24, 2.45) is 5.92 Å². The fourth-order valence-corrected chi connectivity index (χ4v) is 3.09. The minimum absolute atomic E-state index is 0.153. The summed E-state index contributed by atoms with van der Waals surface area (Å²) in [7, 11) is 0. The molecule has 0 saturated carbocycles. The van der Waals surface area contributed by atoms with Gasteiger partial charge in [0.25, 0.3) is 5.91 Å². The Morgan fingerprint density at radius 1 is 1.23 bits per heavy atom. The minimum atomic E-state index is -0.153. The summed E-state index contributed by atoms with van der Waals surface area (Å²) >= 11 is 5.96. The number of halogens is 1. The van der Waals surface area contributed by atoms with Crippen LogP contribution >= 0.6 is 11.6 Å². The third kappa shape index (κ3) is 5.32. The highest BCUT2D eigenvalue weighted by molar-refractivity contribution is 6.31. The van der Waals surface area contributed by atoms with E-state index in [4.69, 9.17) is 16.9 Å². The van der Waals surface area contributed by atoms with E-state index in [0.717, 1.165) is 6.42 Å². The number of hydrogen-bond donors (Lipinski definition) is 2. The number of carbonyl (C=O) groups excluding carboxylic acids is 1. The molecule has 0 bridgehead atoms. The second-order valence-electron chi connectivity index (χ2n) is 6.65. The molecule has 3 N–H and O–H groups in total. The van der Waals surface area contributed by atoms with Gasteiger partial charge < -0.3 is 10.6 Å². The van der Waals surface area contributed by atoms with Crippen LogP contribution in [0.5, 0.6) is 0 Å². The van der Waals surface area contributed by atoms with Crippen LogP contribution in [0.25, 0.3) is 0 Å². The van der Waals surface area contributed by atoms with E-state index in [9.17, 15) is 4.79 Å². The predicted molar refractivity (Wildman–Crippen MR) is 105 cm³/mol. The molecule has 2 aromatic rings. The van der Waals surface area contributed by atoms with E-state index in [-0.39, 0.29) is 18.5 Å². The highest BCUT2D eigenvalue weighted by Gasteiger charge is 2.20. The monoisotopic (exact) mass is 370 g/mol. The van der Waals surface area contributed by atoms with Gasteiger partial charge in [0.05, 0.1) is 11.3 Å². The van der Waals surface area contributed by atoms with Gasteiger partial charge in [0.15, 0.2) is 6.54 Å². The van der Waals surface area contributed by atoms with E-state index in [2.05, 4.69) is 56.4 Å². The molecule has 0 saturated heterocycles. The molecule has 0 unspecified atom stereocenters. The number of aryl methyl sites for hydroxylation is 1. The molecule has 0 fully saturated rings. The van der Waals surface area contributed by atoms with Gasteiger partial charge in [0, 0.05) is 16.5 Å². The summed E-state index contributed by atoms with van der Waals surface area (Å²) in [5.74, 6) is 0.232. The van der Waals surface area contributed by atoms with E-state index in [1.807, 2.05) is 5.32 Å². The number of quaternary nitrogens is 1.